The topological polar surface area (TPSA) is 41.5 Å². The van der Waals surface area contributed by atoms with Crippen molar-refractivity contribution in [2.45, 2.75) is 20.3 Å². The molecule has 0 spiro atoms. The van der Waals surface area contributed by atoms with E-state index in [2.05, 4.69) is 10.5 Å². The van der Waals surface area contributed by atoms with Gasteiger partial charge in [-0.25, -0.2) is 5.43 Å². The van der Waals surface area contributed by atoms with E-state index < -0.39 is 0 Å². The van der Waals surface area contributed by atoms with Crippen LogP contribution in [0.2, 0.25) is 5.02 Å². The summed E-state index contributed by atoms with van der Waals surface area (Å²) in [6, 6.07) is 7.32. The van der Waals surface area contributed by atoms with Gasteiger partial charge in [0.1, 0.15) is 0 Å². The second kappa shape index (κ2) is 6.28. The van der Waals surface area contributed by atoms with E-state index in [0.29, 0.717) is 17.4 Å². The van der Waals surface area contributed by atoms with Gasteiger partial charge in [-0.2, -0.15) is 5.10 Å². The largest absolute Gasteiger partial charge is 0.273 e. The number of hydrazone groups is 1. The number of nitrogens with zero attached hydrogens (tertiary/aromatic N) is 1. The maximum atomic E-state index is 11.3. The quantitative estimate of drug-likeness (QED) is 0.636. The molecular weight excluding hydrogens is 224 g/mol. The molecule has 0 saturated heterocycles. The Kier molecular flexibility index (Phi) is 4.99. The summed E-state index contributed by atoms with van der Waals surface area (Å²) < 4.78 is 0. The Labute approximate surface area is 101 Å². The second-order valence-electron chi connectivity index (χ2n) is 3.91. The van der Waals surface area contributed by atoms with Gasteiger partial charge in [-0.05, 0) is 12.0 Å². The van der Waals surface area contributed by atoms with Gasteiger partial charge in [-0.1, -0.05) is 43.6 Å². The van der Waals surface area contributed by atoms with Crippen LogP contribution in [0, 0.1) is 5.92 Å². The smallest absolute Gasteiger partial charge is 0.240 e. The van der Waals surface area contributed by atoms with E-state index in [0.717, 1.165) is 5.56 Å². The summed E-state index contributed by atoms with van der Waals surface area (Å²) in [6.45, 7) is 3.97. The number of carbonyl (C=O) groups excluding carboxylic acids is 1. The first-order valence-corrected chi connectivity index (χ1v) is 5.54. The lowest BCUT2D eigenvalue weighted by molar-refractivity contribution is -0.121. The zero-order valence-electron chi connectivity index (χ0n) is 9.40. The summed E-state index contributed by atoms with van der Waals surface area (Å²) in [5, 5.41) is 4.46. The van der Waals surface area contributed by atoms with Gasteiger partial charge in [0.05, 0.1) is 6.21 Å². The minimum absolute atomic E-state index is 0.0849. The number of benzene rings is 1. The summed E-state index contributed by atoms with van der Waals surface area (Å²) in [5.41, 5.74) is 3.25. The fraction of sp³-hybridized carbons (Fsp3) is 0.333. The van der Waals surface area contributed by atoms with Gasteiger partial charge in [0.25, 0.3) is 0 Å². The highest BCUT2D eigenvalue weighted by molar-refractivity contribution is 6.33. The SMILES string of the molecule is CC(C)CC(=O)N/N=C/c1ccccc1Cl. The molecule has 1 rings (SSSR count). The number of hydrogen-bond acceptors (Lipinski definition) is 2. The fourth-order valence-electron chi connectivity index (χ4n) is 1.17. The Morgan fingerprint density at radius 1 is 1.50 bits per heavy atom. The molecule has 4 heteroatoms. The zero-order chi connectivity index (χ0) is 12.0. The molecule has 0 fully saturated rings. The number of nitrogens with one attached hydrogen (secondary N) is 1. The van der Waals surface area contributed by atoms with Crippen molar-refractivity contribution in [1.82, 2.24) is 5.43 Å². The van der Waals surface area contributed by atoms with Crippen LogP contribution in [0.5, 0.6) is 0 Å². The van der Waals surface area contributed by atoms with Crippen molar-refractivity contribution in [3.05, 3.63) is 34.9 Å². The minimum atomic E-state index is -0.0849. The van der Waals surface area contributed by atoms with E-state index in [9.17, 15) is 4.79 Å². The predicted molar refractivity (Wildman–Crippen MR) is 66.6 cm³/mol. The number of hydrogen-bond donors (Lipinski definition) is 1. The Bertz CT molecular complexity index is 388. The molecular formula is C12H15ClN2O. The maximum Gasteiger partial charge on any atom is 0.240 e. The molecule has 0 heterocycles. The van der Waals surface area contributed by atoms with Crippen LogP contribution in [0.1, 0.15) is 25.8 Å². The highest BCUT2D eigenvalue weighted by Crippen LogP contribution is 2.11. The second-order valence-corrected chi connectivity index (χ2v) is 4.32. The number of halogens is 1. The average Bonchev–Trinajstić information content (AvgIpc) is 2.19. The highest BCUT2D eigenvalue weighted by atomic mass is 35.5. The van der Waals surface area contributed by atoms with E-state index >= 15 is 0 Å². The van der Waals surface area contributed by atoms with E-state index in [1.165, 1.54) is 0 Å². The summed E-state index contributed by atoms with van der Waals surface area (Å²) in [5.74, 6) is 0.244. The number of amides is 1. The van der Waals surface area contributed by atoms with Crippen molar-refractivity contribution in [2.75, 3.05) is 0 Å². The minimum Gasteiger partial charge on any atom is -0.273 e. The van der Waals surface area contributed by atoms with Crippen molar-refractivity contribution in [1.29, 1.82) is 0 Å². The van der Waals surface area contributed by atoms with Crippen molar-refractivity contribution in [3.8, 4) is 0 Å². The normalized spacial score (nSPS) is 11.0. The van der Waals surface area contributed by atoms with Crippen molar-refractivity contribution < 1.29 is 4.79 Å². The standard InChI is InChI=1S/C12H15ClN2O/c1-9(2)7-12(16)15-14-8-10-5-3-4-6-11(10)13/h3-6,8-9H,7H2,1-2H3,(H,15,16)/b14-8+. The van der Waals surface area contributed by atoms with Gasteiger partial charge in [-0.3, -0.25) is 4.79 Å². The van der Waals surface area contributed by atoms with Crippen molar-refractivity contribution >= 4 is 23.7 Å². The molecule has 1 aromatic rings. The van der Waals surface area contributed by atoms with Crippen molar-refractivity contribution in [2.24, 2.45) is 11.0 Å². The molecule has 1 N–H and O–H groups in total. The van der Waals surface area contributed by atoms with Crippen LogP contribution in [-0.4, -0.2) is 12.1 Å². The predicted octanol–water partition coefficient (Wildman–Crippen LogP) is 2.84. The molecule has 3 nitrogen and oxygen atoms in total. The van der Waals surface area contributed by atoms with Crippen LogP contribution in [0.25, 0.3) is 0 Å². The van der Waals surface area contributed by atoms with E-state index in [4.69, 9.17) is 11.6 Å². The lowest BCUT2D eigenvalue weighted by atomic mass is 10.1. The van der Waals surface area contributed by atoms with Crippen LogP contribution in [-0.2, 0) is 4.79 Å². The lowest BCUT2D eigenvalue weighted by Crippen LogP contribution is -2.19. The molecule has 0 aromatic heterocycles. The molecule has 0 bridgehead atoms. The van der Waals surface area contributed by atoms with Gasteiger partial charge in [-0.15, -0.1) is 0 Å². The third kappa shape index (κ3) is 4.45. The summed E-state index contributed by atoms with van der Waals surface area (Å²) in [6.07, 6.45) is 2.01. The zero-order valence-corrected chi connectivity index (χ0v) is 10.2. The van der Waals surface area contributed by atoms with Gasteiger partial charge in [0.15, 0.2) is 0 Å². The van der Waals surface area contributed by atoms with E-state index in [1.54, 1.807) is 12.3 Å². The first-order valence-electron chi connectivity index (χ1n) is 5.16. The fourth-order valence-corrected chi connectivity index (χ4v) is 1.35. The molecule has 1 amide bonds. The number of carbonyl (C=O) groups is 1. The molecule has 0 saturated carbocycles. The third-order valence-corrected chi connectivity index (χ3v) is 2.24. The maximum absolute atomic E-state index is 11.3. The van der Waals surface area contributed by atoms with Gasteiger partial charge in [0, 0.05) is 17.0 Å². The van der Waals surface area contributed by atoms with Crippen LogP contribution in [0.3, 0.4) is 0 Å². The summed E-state index contributed by atoms with van der Waals surface area (Å²) in [4.78, 5) is 11.3. The molecule has 86 valence electrons. The average molecular weight is 239 g/mol. The van der Waals surface area contributed by atoms with Crippen LogP contribution >= 0.6 is 11.6 Å². The van der Waals surface area contributed by atoms with E-state index in [1.807, 2.05) is 32.0 Å². The van der Waals surface area contributed by atoms with Crippen LogP contribution < -0.4 is 5.43 Å². The Morgan fingerprint density at radius 3 is 2.81 bits per heavy atom. The molecule has 0 aliphatic rings. The first kappa shape index (κ1) is 12.7. The van der Waals surface area contributed by atoms with Gasteiger partial charge >= 0.3 is 0 Å². The molecule has 0 radical (unpaired) electrons. The summed E-state index contributed by atoms with van der Waals surface area (Å²) in [7, 11) is 0. The monoisotopic (exact) mass is 238 g/mol. The first-order chi connectivity index (χ1) is 7.59. The highest BCUT2D eigenvalue weighted by Gasteiger charge is 2.02. The molecule has 0 atom stereocenters. The molecule has 0 aliphatic carbocycles. The Morgan fingerprint density at radius 2 is 2.19 bits per heavy atom. The van der Waals surface area contributed by atoms with E-state index in [-0.39, 0.29) is 5.91 Å². The van der Waals surface area contributed by atoms with Gasteiger partial charge in [0.2, 0.25) is 5.91 Å². The molecule has 0 aliphatic heterocycles. The van der Waals surface area contributed by atoms with Crippen molar-refractivity contribution in [3.63, 3.8) is 0 Å². The Hall–Kier alpha value is -1.35. The number of rotatable bonds is 4. The van der Waals surface area contributed by atoms with Gasteiger partial charge < -0.3 is 0 Å². The molecule has 0 unspecified atom stereocenters. The van der Waals surface area contributed by atoms with Crippen LogP contribution in [0.4, 0.5) is 0 Å². The van der Waals surface area contributed by atoms with Crippen LogP contribution in [0.15, 0.2) is 29.4 Å². The molecule has 16 heavy (non-hydrogen) atoms. The third-order valence-electron chi connectivity index (χ3n) is 1.89. The summed E-state index contributed by atoms with van der Waals surface area (Å²) >= 11 is 5.92. The lowest BCUT2D eigenvalue weighted by Gasteiger charge is -2.02. The Balaban J connectivity index is 2.49. The molecule has 1 aromatic carbocycles.